The first-order valence-electron chi connectivity index (χ1n) is 6.93. The molecule has 0 aliphatic rings. The number of carbonyl (C=O) groups is 1. The van der Waals surface area contributed by atoms with Crippen molar-refractivity contribution in [2.24, 2.45) is 29.6 Å². The molecule has 0 aliphatic heterocycles. The molecule has 0 bridgehead atoms. The van der Waals surface area contributed by atoms with Gasteiger partial charge in [0.25, 0.3) is 0 Å². The Bertz CT molecular complexity index is 233. The molecule has 0 aromatic heterocycles. The second-order valence-electron chi connectivity index (χ2n) is 6.38. The fraction of sp³-hybridized carbons (Fsp3) is 0.933. The first-order chi connectivity index (χ1) is 7.68. The zero-order chi connectivity index (χ0) is 13.7. The molecule has 0 aromatic carbocycles. The standard InChI is InChI=1S/C15H31NO/c1-10(2)13(7)14(11(3)4)9-16(8)15(17)12(5)6/h10-14H,9H2,1-8H3. The minimum atomic E-state index is 0.0992. The Labute approximate surface area is 108 Å². The molecule has 0 radical (unpaired) electrons. The maximum Gasteiger partial charge on any atom is 0.224 e. The lowest BCUT2D eigenvalue weighted by Gasteiger charge is -2.34. The van der Waals surface area contributed by atoms with Crippen LogP contribution < -0.4 is 0 Å². The summed E-state index contributed by atoms with van der Waals surface area (Å²) in [4.78, 5) is 13.8. The van der Waals surface area contributed by atoms with Crippen molar-refractivity contribution in [3.05, 3.63) is 0 Å². The third-order valence-corrected chi connectivity index (χ3v) is 3.94. The van der Waals surface area contributed by atoms with E-state index in [2.05, 4.69) is 34.6 Å². The number of amides is 1. The third-order valence-electron chi connectivity index (χ3n) is 3.94. The predicted molar refractivity (Wildman–Crippen MR) is 74.8 cm³/mol. The highest BCUT2D eigenvalue weighted by atomic mass is 16.2. The Balaban J connectivity index is 4.61. The van der Waals surface area contributed by atoms with Crippen LogP contribution in [0.5, 0.6) is 0 Å². The monoisotopic (exact) mass is 241 g/mol. The summed E-state index contributed by atoms with van der Waals surface area (Å²) in [5, 5.41) is 0. The number of rotatable bonds is 6. The fourth-order valence-electron chi connectivity index (χ4n) is 2.33. The quantitative estimate of drug-likeness (QED) is 0.695. The van der Waals surface area contributed by atoms with E-state index in [0.717, 1.165) is 6.54 Å². The minimum absolute atomic E-state index is 0.0992. The topological polar surface area (TPSA) is 20.3 Å². The molecule has 0 spiro atoms. The van der Waals surface area contributed by atoms with E-state index < -0.39 is 0 Å². The highest BCUT2D eigenvalue weighted by Crippen LogP contribution is 2.27. The molecule has 0 aromatic rings. The summed E-state index contributed by atoms with van der Waals surface area (Å²) in [6, 6.07) is 0. The summed E-state index contributed by atoms with van der Waals surface area (Å²) >= 11 is 0. The fourth-order valence-corrected chi connectivity index (χ4v) is 2.33. The lowest BCUT2D eigenvalue weighted by Crippen LogP contribution is -2.39. The number of hydrogen-bond acceptors (Lipinski definition) is 1. The first-order valence-corrected chi connectivity index (χ1v) is 6.93. The van der Waals surface area contributed by atoms with Gasteiger partial charge in [-0.1, -0.05) is 48.5 Å². The van der Waals surface area contributed by atoms with E-state index in [4.69, 9.17) is 0 Å². The van der Waals surface area contributed by atoms with Crippen molar-refractivity contribution in [1.29, 1.82) is 0 Å². The van der Waals surface area contributed by atoms with Crippen LogP contribution in [0.1, 0.15) is 48.5 Å². The molecule has 2 atom stereocenters. The number of hydrogen-bond donors (Lipinski definition) is 0. The smallest absolute Gasteiger partial charge is 0.224 e. The minimum Gasteiger partial charge on any atom is -0.345 e. The largest absolute Gasteiger partial charge is 0.345 e. The van der Waals surface area contributed by atoms with E-state index in [9.17, 15) is 4.79 Å². The van der Waals surface area contributed by atoms with Gasteiger partial charge in [-0.2, -0.15) is 0 Å². The molecule has 0 fully saturated rings. The Hall–Kier alpha value is -0.530. The summed E-state index contributed by atoms with van der Waals surface area (Å²) in [5.74, 6) is 2.88. The van der Waals surface area contributed by atoms with Gasteiger partial charge in [-0.05, 0) is 23.7 Å². The van der Waals surface area contributed by atoms with Gasteiger partial charge in [0.2, 0.25) is 5.91 Å². The van der Waals surface area contributed by atoms with Gasteiger partial charge in [-0.25, -0.2) is 0 Å². The van der Waals surface area contributed by atoms with Crippen LogP contribution in [0.4, 0.5) is 0 Å². The molecule has 102 valence electrons. The average molecular weight is 241 g/mol. The zero-order valence-electron chi connectivity index (χ0n) is 12.9. The summed E-state index contributed by atoms with van der Waals surface area (Å²) in [6.45, 7) is 16.2. The van der Waals surface area contributed by atoms with Gasteiger partial charge in [-0.15, -0.1) is 0 Å². The van der Waals surface area contributed by atoms with Crippen LogP contribution in [0.25, 0.3) is 0 Å². The molecule has 0 N–H and O–H groups in total. The van der Waals surface area contributed by atoms with Gasteiger partial charge in [0.15, 0.2) is 0 Å². The number of nitrogens with zero attached hydrogens (tertiary/aromatic N) is 1. The molecule has 0 saturated heterocycles. The highest BCUT2D eigenvalue weighted by Gasteiger charge is 2.26. The van der Waals surface area contributed by atoms with Crippen molar-refractivity contribution in [2.75, 3.05) is 13.6 Å². The van der Waals surface area contributed by atoms with E-state index in [1.165, 1.54) is 0 Å². The van der Waals surface area contributed by atoms with Crippen LogP contribution in [0, 0.1) is 29.6 Å². The zero-order valence-corrected chi connectivity index (χ0v) is 12.9. The second-order valence-corrected chi connectivity index (χ2v) is 6.38. The average Bonchev–Trinajstić information content (AvgIpc) is 2.22. The number of carbonyl (C=O) groups excluding carboxylic acids is 1. The third kappa shape index (κ3) is 5.10. The van der Waals surface area contributed by atoms with Crippen LogP contribution in [0.2, 0.25) is 0 Å². The van der Waals surface area contributed by atoms with Crippen molar-refractivity contribution in [2.45, 2.75) is 48.5 Å². The Morgan fingerprint density at radius 2 is 1.41 bits per heavy atom. The van der Waals surface area contributed by atoms with Gasteiger partial charge >= 0.3 is 0 Å². The van der Waals surface area contributed by atoms with Gasteiger partial charge in [-0.3, -0.25) is 4.79 Å². The predicted octanol–water partition coefficient (Wildman–Crippen LogP) is 3.67. The van der Waals surface area contributed by atoms with Crippen molar-refractivity contribution in [3.8, 4) is 0 Å². The highest BCUT2D eigenvalue weighted by molar-refractivity contribution is 5.77. The molecule has 0 rings (SSSR count). The van der Waals surface area contributed by atoms with Gasteiger partial charge in [0.05, 0.1) is 0 Å². The Kier molecular flexibility index (Phi) is 6.81. The Morgan fingerprint density at radius 1 is 0.941 bits per heavy atom. The summed E-state index contributed by atoms with van der Waals surface area (Å²) in [6.07, 6.45) is 0. The summed E-state index contributed by atoms with van der Waals surface area (Å²) < 4.78 is 0. The maximum absolute atomic E-state index is 11.9. The first kappa shape index (κ1) is 16.5. The SMILES string of the molecule is CC(C)C(=O)N(C)CC(C(C)C)C(C)C(C)C. The van der Waals surface area contributed by atoms with E-state index in [1.807, 2.05) is 25.8 Å². The maximum atomic E-state index is 11.9. The van der Waals surface area contributed by atoms with Crippen LogP contribution in [0.15, 0.2) is 0 Å². The van der Waals surface area contributed by atoms with Crippen LogP contribution in [-0.4, -0.2) is 24.4 Å². The molecule has 1 amide bonds. The molecule has 2 unspecified atom stereocenters. The molecule has 0 aliphatic carbocycles. The van der Waals surface area contributed by atoms with Crippen molar-refractivity contribution in [1.82, 2.24) is 4.90 Å². The van der Waals surface area contributed by atoms with Crippen LogP contribution in [-0.2, 0) is 4.79 Å². The van der Waals surface area contributed by atoms with Crippen molar-refractivity contribution >= 4 is 5.91 Å². The molecule has 0 heterocycles. The molecule has 0 saturated carbocycles. The Morgan fingerprint density at radius 3 is 1.71 bits per heavy atom. The van der Waals surface area contributed by atoms with Gasteiger partial charge < -0.3 is 4.90 Å². The van der Waals surface area contributed by atoms with E-state index in [-0.39, 0.29) is 11.8 Å². The lowest BCUT2D eigenvalue weighted by atomic mass is 9.78. The van der Waals surface area contributed by atoms with Crippen LogP contribution in [0.3, 0.4) is 0 Å². The van der Waals surface area contributed by atoms with Crippen LogP contribution >= 0.6 is 0 Å². The second kappa shape index (κ2) is 7.03. The lowest BCUT2D eigenvalue weighted by molar-refractivity contribution is -0.134. The van der Waals surface area contributed by atoms with Gasteiger partial charge in [0, 0.05) is 19.5 Å². The normalized spacial score (nSPS) is 15.5. The summed E-state index contributed by atoms with van der Waals surface area (Å²) in [7, 11) is 1.94. The van der Waals surface area contributed by atoms with Crippen molar-refractivity contribution < 1.29 is 4.79 Å². The molecular formula is C15H31NO. The van der Waals surface area contributed by atoms with Gasteiger partial charge in [0.1, 0.15) is 0 Å². The van der Waals surface area contributed by atoms with E-state index in [1.54, 1.807) is 0 Å². The molecule has 17 heavy (non-hydrogen) atoms. The summed E-state index contributed by atoms with van der Waals surface area (Å²) in [5.41, 5.74) is 0. The molecule has 2 nitrogen and oxygen atoms in total. The van der Waals surface area contributed by atoms with E-state index >= 15 is 0 Å². The van der Waals surface area contributed by atoms with Crippen molar-refractivity contribution in [3.63, 3.8) is 0 Å². The molecular weight excluding hydrogens is 210 g/mol. The van der Waals surface area contributed by atoms with E-state index in [0.29, 0.717) is 23.7 Å². The molecule has 2 heteroatoms.